The van der Waals surface area contributed by atoms with Crippen LogP contribution in [0.15, 0.2) is 30.5 Å². The number of hydrogen-bond acceptors (Lipinski definition) is 9. The number of ether oxygens (including phenoxy) is 3. The van der Waals surface area contributed by atoms with Crippen LogP contribution in [0.25, 0.3) is 21.0 Å². The number of nitrogens with zero attached hydrogens (tertiary/aromatic N) is 3. The molecule has 4 aromatic rings. The van der Waals surface area contributed by atoms with Gasteiger partial charge in [-0.25, -0.2) is 9.97 Å². The van der Waals surface area contributed by atoms with E-state index in [1.165, 1.54) is 11.3 Å². The van der Waals surface area contributed by atoms with Crippen molar-refractivity contribution in [3.8, 4) is 11.8 Å². The molecule has 9 nitrogen and oxygen atoms in total. The minimum absolute atomic E-state index is 0.0440. The average molecular weight is 512 g/mol. The standard InChI is InChI=1S/C24H22ClN5O4S/c1-12-7-26-19-18-14-3-6-17(29-15(14)4-5-16(18)35-20(19)21(31)28-12)34-22-13(8-27-23(25)30-22)9-33-24(2)10-32-11-24/h3-6,8,12,26H,7,9-11H2,1-2H3,(H,28,31)/t12-/m1/s1. The molecule has 0 radical (unpaired) electrons. The maximum Gasteiger partial charge on any atom is 0.263 e. The number of hydrogen-bond donors (Lipinski definition) is 2. The van der Waals surface area contributed by atoms with Crippen molar-refractivity contribution in [1.82, 2.24) is 20.3 Å². The van der Waals surface area contributed by atoms with Crippen molar-refractivity contribution in [3.05, 3.63) is 46.2 Å². The zero-order valence-corrected chi connectivity index (χ0v) is 20.6. The summed E-state index contributed by atoms with van der Waals surface area (Å²) in [5.74, 6) is 0.600. The Labute approximate surface area is 209 Å². The first-order chi connectivity index (χ1) is 16.9. The highest BCUT2D eigenvalue weighted by atomic mass is 35.5. The van der Waals surface area contributed by atoms with E-state index in [0.29, 0.717) is 42.0 Å². The van der Waals surface area contributed by atoms with Gasteiger partial charge in [-0.3, -0.25) is 4.79 Å². The highest BCUT2D eigenvalue weighted by molar-refractivity contribution is 7.21. The maximum absolute atomic E-state index is 12.7. The second-order valence-electron chi connectivity index (χ2n) is 9.02. The smallest absolute Gasteiger partial charge is 0.263 e. The van der Waals surface area contributed by atoms with E-state index in [0.717, 1.165) is 26.7 Å². The summed E-state index contributed by atoms with van der Waals surface area (Å²) in [7, 11) is 0. The number of nitrogens with one attached hydrogen (secondary N) is 2. The molecule has 5 heterocycles. The molecule has 0 spiro atoms. The predicted octanol–water partition coefficient (Wildman–Crippen LogP) is 4.53. The second kappa shape index (κ2) is 8.56. The van der Waals surface area contributed by atoms with Crippen LogP contribution >= 0.6 is 22.9 Å². The molecule has 35 heavy (non-hydrogen) atoms. The first kappa shape index (κ1) is 22.4. The molecule has 2 N–H and O–H groups in total. The van der Waals surface area contributed by atoms with Crippen molar-refractivity contribution in [2.45, 2.75) is 32.1 Å². The van der Waals surface area contributed by atoms with Crippen LogP contribution in [0.2, 0.25) is 5.28 Å². The fourth-order valence-corrected chi connectivity index (χ4v) is 5.37. The van der Waals surface area contributed by atoms with Gasteiger partial charge in [-0.1, -0.05) is 0 Å². The largest absolute Gasteiger partial charge is 0.420 e. The van der Waals surface area contributed by atoms with Gasteiger partial charge in [0.1, 0.15) is 10.5 Å². The molecule has 1 fully saturated rings. The highest BCUT2D eigenvalue weighted by Gasteiger charge is 2.34. The molecule has 6 rings (SSSR count). The van der Waals surface area contributed by atoms with Gasteiger partial charge < -0.3 is 24.8 Å². The Morgan fingerprint density at radius 3 is 2.91 bits per heavy atom. The molecule has 0 bridgehead atoms. The molecule has 1 saturated heterocycles. The molecule has 0 saturated carbocycles. The van der Waals surface area contributed by atoms with Crippen LogP contribution in [-0.4, -0.2) is 52.3 Å². The van der Waals surface area contributed by atoms with E-state index in [4.69, 9.17) is 30.8 Å². The van der Waals surface area contributed by atoms with Gasteiger partial charge in [0.25, 0.3) is 5.91 Å². The van der Waals surface area contributed by atoms with E-state index >= 15 is 0 Å². The van der Waals surface area contributed by atoms with Crippen LogP contribution in [0.4, 0.5) is 5.69 Å². The van der Waals surface area contributed by atoms with Gasteiger partial charge in [-0.05, 0) is 43.6 Å². The summed E-state index contributed by atoms with van der Waals surface area (Å²) in [6.45, 7) is 5.96. The number of rotatable bonds is 5. The number of pyridine rings is 1. The Bertz CT molecular complexity index is 1470. The maximum atomic E-state index is 12.7. The Morgan fingerprint density at radius 1 is 1.26 bits per heavy atom. The molecule has 0 unspecified atom stereocenters. The Hall–Kier alpha value is -3.05. The number of fused-ring (bicyclic) bond motifs is 5. The molecule has 0 aliphatic carbocycles. The van der Waals surface area contributed by atoms with E-state index in [2.05, 4.69) is 20.6 Å². The van der Waals surface area contributed by atoms with Gasteiger partial charge in [0.15, 0.2) is 0 Å². The third-order valence-corrected chi connectivity index (χ3v) is 7.39. The SMILES string of the molecule is C[C@@H]1CNc2c(sc3ccc4nc(Oc5nc(Cl)ncc5COC5(C)COC5)ccc4c23)C(=O)N1. The van der Waals surface area contributed by atoms with Gasteiger partial charge in [-0.2, -0.15) is 4.98 Å². The topological polar surface area (TPSA) is 107 Å². The number of thiophene rings is 1. The number of aromatic nitrogens is 3. The van der Waals surface area contributed by atoms with Gasteiger partial charge in [0.05, 0.1) is 36.6 Å². The average Bonchev–Trinajstić information content (AvgIpc) is 3.13. The number of anilines is 1. The monoisotopic (exact) mass is 511 g/mol. The fourth-order valence-electron chi connectivity index (χ4n) is 4.15. The normalized spacial score (nSPS) is 18.9. The molecule has 2 aliphatic rings. The number of benzene rings is 1. The summed E-state index contributed by atoms with van der Waals surface area (Å²) in [4.78, 5) is 26.4. The molecule has 3 aromatic heterocycles. The third-order valence-electron chi connectivity index (χ3n) is 6.05. The Balaban J connectivity index is 1.34. The number of carbonyl (C=O) groups is 1. The van der Waals surface area contributed by atoms with Crippen LogP contribution in [0.5, 0.6) is 11.8 Å². The lowest BCUT2D eigenvalue weighted by atomic mass is 10.1. The van der Waals surface area contributed by atoms with Crippen LogP contribution < -0.4 is 15.4 Å². The van der Waals surface area contributed by atoms with Crippen LogP contribution in [0, 0.1) is 0 Å². The molecule has 11 heteroatoms. The lowest BCUT2D eigenvalue weighted by Crippen LogP contribution is -2.48. The Morgan fingerprint density at radius 2 is 2.11 bits per heavy atom. The summed E-state index contributed by atoms with van der Waals surface area (Å²) >= 11 is 7.51. The molecular formula is C24H22ClN5O4S. The number of halogens is 1. The summed E-state index contributed by atoms with van der Waals surface area (Å²) in [6, 6.07) is 7.69. The van der Waals surface area contributed by atoms with E-state index < -0.39 is 0 Å². The fraction of sp³-hybridized carbons (Fsp3) is 0.333. The van der Waals surface area contributed by atoms with E-state index in [9.17, 15) is 4.79 Å². The summed E-state index contributed by atoms with van der Waals surface area (Å²) in [6.07, 6.45) is 1.59. The molecule has 1 aromatic carbocycles. The first-order valence-corrected chi connectivity index (χ1v) is 12.4. The van der Waals surface area contributed by atoms with Crippen molar-refractivity contribution in [1.29, 1.82) is 0 Å². The van der Waals surface area contributed by atoms with E-state index in [-0.39, 0.29) is 29.4 Å². The third kappa shape index (κ3) is 4.16. The lowest BCUT2D eigenvalue weighted by Gasteiger charge is -2.37. The summed E-state index contributed by atoms with van der Waals surface area (Å²) in [5.41, 5.74) is 1.92. The zero-order valence-electron chi connectivity index (χ0n) is 19.1. The van der Waals surface area contributed by atoms with Gasteiger partial charge in [0, 0.05) is 40.3 Å². The molecular weight excluding hydrogens is 490 g/mol. The van der Waals surface area contributed by atoms with Crippen LogP contribution in [0.3, 0.4) is 0 Å². The summed E-state index contributed by atoms with van der Waals surface area (Å²) < 4.78 is 18.3. The van der Waals surface area contributed by atoms with Crippen LogP contribution in [-0.2, 0) is 16.1 Å². The molecule has 180 valence electrons. The highest BCUT2D eigenvalue weighted by Crippen LogP contribution is 2.41. The van der Waals surface area contributed by atoms with Crippen molar-refractivity contribution >= 4 is 55.5 Å². The lowest BCUT2D eigenvalue weighted by molar-refractivity contribution is -0.204. The summed E-state index contributed by atoms with van der Waals surface area (Å²) in [5, 5.41) is 8.45. The Kier molecular flexibility index (Phi) is 5.48. The van der Waals surface area contributed by atoms with Gasteiger partial charge >= 0.3 is 0 Å². The first-order valence-electron chi connectivity index (χ1n) is 11.2. The van der Waals surface area contributed by atoms with Crippen molar-refractivity contribution in [2.75, 3.05) is 25.1 Å². The minimum atomic E-state index is -0.329. The molecule has 1 amide bonds. The zero-order chi connectivity index (χ0) is 24.2. The van der Waals surface area contributed by atoms with Gasteiger partial charge in [0.2, 0.25) is 17.0 Å². The minimum Gasteiger partial charge on any atom is -0.420 e. The second-order valence-corrected chi connectivity index (χ2v) is 10.4. The predicted molar refractivity (Wildman–Crippen MR) is 134 cm³/mol. The molecule has 2 aliphatic heterocycles. The van der Waals surface area contributed by atoms with Crippen molar-refractivity contribution in [2.24, 2.45) is 0 Å². The quantitative estimate of drug-likeness (QED) is 0.376. The number of amides is 1. The van der Waals surface area contributed by atoms with E-state index in [1.54, 1.807) is 12.3 Å². The van der Waals surface area contributed by atoms with E-state index in [1.807, 2.05) is 32.0 Å². The van der Waals surface area contributed by atoms with Crippen LogP contribution in [0.1, 0.15) is 29.1 Å². The van der Waals surface area contributed by atoms with Crippen molar-refractivity contribution in [3.63, 3.8) is 0 Å². The van der Waals surface area contributed by atoms with Crippen molar-refractivity contribution < 1.29 is 19.0 Å². The number of carbonyl (C=O) groups excluding carboxylic acids is 1. The van der Waals surface area contributed by atoms with Gasteiger partial charge in [-0.15, -0.1) is 11.3 Å². The molecule has 1 atom stereocenters.